The highest BCUT2D eigenvalue weighted by atomic mass is 19.4. The Balaban J connectivity index is 1.48. The van der Waals surface area contributed by atoms with Crippen LogP contribution in [0.25, 0.3) is 0 Å². The lowest BCUT2D eigenvalue weighted by Gasteiger charge is -2.56. The number of halogens is 4. The summed E-state index contributed by atoms with van der Waals surface area (Å²) in [4.78, 5) is 33.9. The summed E-state index contributed by atoms with van der Waals surface area (Å²) in [5, 5.41) is 3.77. The Morgan fingerprint density at radius 2 is 1.86 bits per heavy atom. The highest BCUT2D eigenvalue weighted by molar-refractivity contribution is 6.10. The Morgan fingerprint density at radius 3 is 2.43 bits per heavy atom. The van der Waals surface area contributed by atoms with Crippen LogP contribution in [0, 0.1) is 25.1 Å². The number of carbonyl (C=O) groups excluding carboxylic acids is 2. The van der Waals surface area contributed by atoms with Crippen molar-refractivity contribution in [2.75, 3.05) is 11.4 Å². The Kier molecular flexibility index (Phi) is 5.78. The monoisotopic (exact) mass is 512 g/mol. The van der Waals surface area contributed by atoms with Gasteiger partial charge in [0.2, 0.25) is 11.8 Å². The van der Waals surface area contributed by atoms with Gasteiger partial charge in [-0.25, -0.2) is 4.39 Å². The van der Waals surface area contributed by atoms with Gasteiger partial charge in [-0.2, -0.15) is 18.2 Å². The maximum absolute atomic E-state index is 14.9. The van der Waals surface area contributed by atoms with Crippen molar-refractivity contribution in [3.63, 3.8) is 0 Å². The van der Waals surface area contributed by atoms with Gasteiger partial charge in [0.15, 0.2) is 5.82 Å². The number of benzene rings is 2. The van der Waals surface area contributed by atoms with Crippen LogP contribution in [0.2, 0.25) is 0 Å². The van der Waals surface area contributed by atoms with E-state index in [1.165, 1.54) is 29.2 Å². The fraction of sp³-hybridized carbons (Fsp3) is 0.308. The van der Waals surface area contributed by atoms with E-state index in [1.807, 2.05) is 0 Å². The molecule has 1 aliphatic carbocycles. The van der Waals surface area contributed by atoms with Gasteiger partial charge in [0, 0.05) is 18.0 Å². The zero-order chi connectivity index (χ0) is 26.5. The first-order valence-electron chi connectivity index (χ1n) is 11.4. The van der Waals surface area contributed by atoms with Crippen molar-refractivity contribution < 1.29 is 31.7 Å². The van der Waals surface area contributed by atoms with Crippen molar-refractivity contribution in [3.8, 4) is 12.3 Å². The van der Waals surface area contributed by atoms with Crippen molar-refractivity contribution in [3.05, 3.63) is 76.7 Å². The highest BCUT2D eigenvalue weighted by Crippen LogP contribution is 2.51. The lowest BCUT2D eigenvalue weighted by atomic mass is 9.65. The fourth-order valence-corrected chi connectivity index (χ4v) is 4.93. The first-order valence-corrected chi connectivity index (χ1v) is 11.4. The number of amides is 2. The van der Waals surface area contributed by atoms with E-state index < -0.39 is 41.5 Å². The minimum absolute atomic E-state index is 0.0806. The predicted molar refractivity (Wildman–Crippen MR) is 122 cm³/mol. The number of aromatic nitrogens is 2. The summed E-state index contributed by atoms with van der Waals surface area (Å²) >= 11 is 0. The van der Waals surface area contributed by atoms with Crippen molar-refractivity contribution >= 4 is 17.5 Å². The van der Waals surface area contributed by atoms with Crippen molar-refractivity contribution in [1.82, 2.24) is 15.0 Å². The quantitative estimate of drug-likeness (QED) is 0.387. The van der Waals surface area contributed by atoms with Gasteiger partial charge in [-0.15, -0.1) is 6.42 Å². The van der Waals surface area contributed by atoms with Crippen LogP contribution in [-0.4, -0.2) is 38.9 Å². The number of hydrogen-bond donors (Lipinski definition) is 0. The van der Waals surface area contributed by atoms with Gasteiger partial charge in [-0.1, -0.05) is 23.2 Å². The van der Waals surface area contributed by atoms with Gasteiger partial charge in [0.25, 0.3) is 5.91 Å². The van der Waals surface area contributed by atoms with Gasteiger partial charge >= 0.3 is 6.18 Å². The van der Waals surface area contributed by atoms with E-state index in [4.69, 9.17) is 10.9 Å². The number of alkyl halides is 3. The smallest absolute Gasteiger partial charge is 0.339 e. The lowest BCUT2D eigenvalue weighted by molar-refractivity contribution is -0.160. The molecule has 1 spiro atoms. The van der Waals surface area contributed by atoms with Gasteiger partial charge in [0.1, 0.15) is 17.9 Å². The van der Waals surface area contributed by atoms with Gasteiger partial charge < -0.3 is 9.42 Å². The van der Waals surface area contributed by atoms with Crippen molar-refractivity contribution in [1.29, 1.82) is 0 Å². The van der Waals surface area contributed by atoms with E-state index in [9.17, 15) is 27.2 Å². The van der Waals surface area contributed by atoms with Crippen LogP contribution in [0.1, 0.15) is 47.2 Å². The molecule has 1 saturated carbocycles. The SMILES string of the molecule is C#Cc1ccc(N2CC(=O)N(Cc3ccc(C(F)(F)F)cc3)C3(CC(c4nc(C)no4)C3)C2=O)c(F)c1. The summed E-state index contributed by atoms with van der Waals surface area (Å²) in [6.07, 6.45) is 1.11. The van der Waals surface area contributed by atoms with Crippen molar-refractivity contribution in [2.24, 2.45) is 0 Å². The van der Waals surface area contributed by atoms with Crippen molar-refractivity contribution in [2.45, 2.75) is 43.9 Å². The predicted octanol–water partition coefficient (Wildman–Crippen LogP) is 4.21. The minimum Gasteiger partial charge on any atom is -0.339 e. The van der Waals surface area contributed by atoms with E-state index >= 15 is 0 Å². The molecule has 1 aliphatic heterocycles. The Bertz CT molecular complexity index is 1420. The second-order valence-corrected chi connectivity index (χ2v) is 9.19. The molecule has 0 bridgehead atoms. The normalized spacial score (nSPS) is 21.8. The average molecular weight is 512 g/mol. The molecule has 3 aromatic rings. The lowest BCUT2D eigenvalue weighted by Crippen LogP contribution is -2.72. The third-order valence-corrected chi connectivity index (χ3v) is 6.84. The topological polar surface area (TPSA) is 79.5 Å². The molecule has 37 heavy (non-hydrogen) atoms. The molecule has 2 amide bonds. The molecule has 5 rings (SSSR count). The van der Waals surface area contributed by atoms with Crippen LogP contribution in [0.4, 0.5) is 23.2 Å². The third kappa shape index (κ3) is 4.22. The zero-order valence-corrected chi connectivity index (χ0v) is 19.6. The minimum atomic E-state index is -4.50. The van der Waals surface area contributed by atoms with Crippen LogP contribution in [0.15, 0.2) is 47.0 Å². The van der Waals surface area contributed by atoms with Gasteiger partial charge in [0.05, 0.1) is 11.3 Å². The summed E-state index contributed by atoms with van der Waals surface area (Å²) < 4.78 is 59.1. The molecular formula is C26H20F4N4O3. The molecule has 1 saturated heterocycles. The number of terminal acetylenes is 1. The van der Waals surface area contributed by atoms with Crippen LogP contribution in [-0.2, 0) is 22.3 Å². The van der Waals surface area contributed by atoms with E-state index in [0.717, 1.165) is 23.1 Å². The number of anilines is 1. The number of nitrogens with zero attached hydrogens (tertiary/aromatic N) is 4. The van der Waals surface area contributed by atoms with E-state index in [0.29, 0.717) is 17.3 Å². The van der Waals surface area contributed by atoms with Crippen LogP contribution >= 0.6 is 0 Å². The standard InChI is InChI=1S/C26H20F4N4O3/c1-3-16-6-9-21(20(27)10-16)33-14-22(35)34(13-17-4-7-19(8-5-17)26(28,29)30)25(24(33)36)11-18(12-25)23-31-15(2)32-37-23/h1,4-10,18H,11-14H2,2H3. The van der Waals surface area contributed by atoms with E-state index in [1.54, 1.807) is 6.92 Å². The van der Waals surface area contributed by atoms with Gasteiger partial charge in [-0.05, 0) is 55.7 Å². The Morgan fingerprint density at radius 1 is 1.16 bits per heavy atom. The molecular weight excluding hydrogens is 492 g/mol. The number of aryl methyl sites for hydroxylation is 1. The first kappa shape index (κ1) is 24.5. The van der Waals surface area contributed by atoms with Crippen LogP contribution < -0.4 is 4.90 Å². The Labute approximate surface area is 209 Å². The van der Waals surface area contributed by atoms with Gasteiger partial charge in [-0.3, -0.25) is 14.5 Å². The largest absolute Gasteiger partial charge is 0.416 e. The maximum Gasteiger partial charge on any atom is 0.416 e. The number of piperazine rings is 1. The average Bonchev–Trinajstić information content (AvgIpc) is 3.26. The molecule has 1 aromatic heterocycles. The molecule has 11 heteroatoms. The number of hydrogen-bond acceptors (Lipinski definition) is 5. The molecule has 2 heterocycles. The maximum atomic E-state index is 14.9. The Hall–Kier alpha value is -4.20. The summed E-state index contributed by atoms with van der Waals surface area (Å²) in [6.45, 7) is 1.13. The molecule has 2 aliphatic rings. The molecule has 2 aromatic carbocycles. The van der Waals surface area contributed by atoms with Crippen LogP contribution in [0.3, 0.4) is 0 Å². The highest BCUT2D eigenvalue weighted by Gasteiger charge is 2.61. The second-order valence-electron chi connectivity index (χ2n) is 9.19. The van der Waals surface area contributed by atoms with E-state index in [2.05, 4.69) is 16.1 Å². The first-order chi connectivity index (χ1) is 17.5. The molecule has 7 nitrogen and oxygen atoms in total. The second kappa shape index (κ2) is 8.73. The molecule has 0 radical (unpaired) electrons. The number of carbonyl (C=O) groups is 2. The fourth-order valence-electron chi connectivity index (χ4n) is 4.93. The third-order valence-electron chi connectivity index (χ3n) is 6.84. The molecule has 0 N–H and O–H groups in total. The number of rotatable bonds is 4. The molecule has 0 atom stereocenters. The molecule has 0 unspecified atom stereocenters. The summed E-state index contributed by atoms with van der Waals surface area (Å²) in [5.41, 5.74) is -1.56. The summed E-state index contributed by atoms with van der Waals surface area (Å²) in [5.74, 6) is 1.02. The summed E-state index contributed by atoms with van der Waals surface area (Å²) in [7, 11) is 0. The van der Waals surface area contributed by atoms with Crippen LogP contribution in [0.5, 0.6) is 0 Å². The summed E-state index contributed by atoms with van der Waals surface area (Å²) in [6, 6.07) is 8.34. The molecule has 190 valence electrons. The zero-order valence-electron chi connectivity index (χ0n) is 19.6. The molecule has 2 fully saturated rings. The van der Waals surface area contributed by atoms with E-state index in [-0.39, 0.29) is 36.6 Å².